The Bertz CT molecular complexity index is 1180. The first kappa shape index (κ1) is 56.7. The highest BCUT2D eigenvalue weighted by Gasteiger charge is 2.25. The van der Waals surface area contributed by atoms with Crippen molar-refractivity contribution in [3.8, 4) is 0 Å². The molecule has 0 saturated heterocycles. The van der Waals surface area contributed by atoms with Crippen molar-refractivity contribution < 1.29 is 32.8 Å². The van der Waals surface area contributed by atoms with E-state index in [4.69, 9.17) is 24.3 Å². The molecule has 0 amide bonds. The summed E-state index contributed by atoms with van der Waals surface area (Å²) in [6.07, 6.45) is 60.4. The fraction of sp³-hybridized carbons (Fsp3) is 0.700. The number of phosphoric ester groups is 1. The molecule has 0 heterocycles. The molecule has 2 atom stereocenters. The molecule has 340 valence electrons. The molecule has 0 aliphatic carbocycles. The number of phosphoric acid groups is 1. The summed E-state index contributed by atoms with van der Waals surface area (Å²) >= 11 is 0. The highest BCUT2D eigenvalue weighted by molar-refractivity contribution is 7.47. The van der Waals surface area contributed by atoms with Gasteiger partial charge in [0.1, 0.15) is 6.10 Å². The third kappa shape index (κ3) is 46.6. The lowest BCUT2D eigenvalue weighted by atomic mass is 10.1. The van der Waals surface area contributed by atoms with Crippen LogP contribution in [0.25, 0.3) is 0 Å². The minimum Gasteiger partial charge on any atom is -0.457 e. The predicted molar refractivity (Wildman–Crippen MR) is 251 cm³/mol. The average molecular weight is 846 g/mol. The van der Waals surface area contributed by atoms with Gasteiger partial charge in [-0.15, -0.1) is 0 Å². The van der Waals surface area contributed by atoms with E-state index >= 15 is 0 Å². The van der Waals surface area contributed by atoms with Crippen LogP contribution in [0.4, 0.5) is 0 Å². The number of esters is 1. The minimum absolute atomic E-state index is 0.0883. The summed E-state index contributed by atoms with van der Waals surface area (Å²) in [5.41, 5.74) is 5.38. The van der Waals surface area contributed by atoms with Crippen LogP contribution < -0.4 is 5.73 Å². The van der Waals surface area contributed by atoms with Crippen molar-refractivity contribution >= 4 is 13.8 Å². The Morgan fingerprint density at radius 3 is 1.44 bits per heavy atom. The Labute approximate surface area is 362 Å². The van der Waals surface area contributed by atoms with E-state index in [2.05, 4.69) is 98.9 Å². The molecule has 0 spiro atoms. The number of allylic oxidation sites excluding steroid dienone is 14. The third-order valence-corrected chi connectivity index (χ3v) is 10.5. The van der Waals surface area contributed by atoms with Gasteiger partial charge in [0.2, 0.25) is 0 Å². The van der Waals surface area contributed by atoms with Gasteiger partial charge in [-0.05, 0) is 89.9 Å². The van der Waals surface area contributed by atoms with Crippen molar-refractivity contribution in [1.82, 2.24) is 0 Å². The van der Waals surface area contributed by atoms with Crippen LogP contribution in [0.5, 0.6) is 0 Å². The van der Waals surface area contributed by atoms with E-state index in [9.17, 15) is 14.3 Å². The van der Waals surface area contributed by atoms with Gasteiger partial charge in [0.15, 0.2) is 0 Å². The largest absolute Gasteiger partial charge is 0.472 e. The number of hydrogen-bond donors (Lipinski definition) is 2. The summed E-state index contributed by atoms with van der Waals surface area (Å²) in [7, 11) is -4.30. The monoisotopic (exact) mass is 846 g/mol. The Balaban J connectivity index is 4.11. The minimum atomic E-state index is -4.30. The van der Waals surface area contributed by atoms with E-state index in [0.29, 0.717) is 13.0 Å². The standard InChI is InChI=1S/C50H88NO7P/c1-3-5-7-9-11-13-15-17-19-21-23-24-25-27-29-31-33-35-37-39-41-43-50(52)58-49(48-57-59(53,54)56-46-44-51)47-55-45-42-40-38-36-34-32-30-28-26-22-20-18-16-14-12-10-8-6-4-2/h5,7,11,13,17,19-20,22-24,27,29,33,35,49H,3-4,6,8-10,12,14-16,18,21,25-26,28,30-32,34,36-48,51H2,1-2H3,(H,53,54)/b7-5-,13-11-,19-17-,22-20-,24-23-,29-27-,35-33-. The lowest BCUT2D eigenvalue weighted by Crippen LogP contribution is -2.28. The molecule has 0 saturated carbocycles. The van der Waals surface area contributed by atoms with E-state index in [1.807, 2.05) is 0 Å². The molecule has 3 N–H and O–H groups in total. The number of carbonyl (C=O) groups excluding carboxylic acids is 1. The van der Waals surface area contributed by atoms with E-state index in [0.717, 1.165) is 64.2 Å². The smallest absolute Gasteiger partial charge is 0.457 e. The summed E-state index contributed by atoms with van der Waals surface area (Å²) in [6, 6.07) is 0. The zero-order valence-electron chi connectivity index (χ0n) is 37.7. The Morgan fingerprint density at radius 1 is 0.525 bits per heavy atom. The molecule has 0 aromatic carbocycles. The number of ether oxygens (including phenoxy) is 2. The number of hydrogen-bond acceptors (Lipinski definition) is 7. The number of unbranched alkanes of at least 4 members (excludes halogenated alkanes) is 17. The van der Waals surface area contributed by atoms with E-state index in [1.165, 1.54) is 96.3 Å². The van der Waals surface area contributed by atoms with E-state index in [1.54, 1.807) is 0 Å². The zero-order chi connectivity index (χ0) is 43.0. The first-order chi connectivity index (χ1) is 28.9. The van der Waals surface area contributed by atoms with Gasteiger partial charge in [0, 0.05) is 19.6 Å². The van der Waals surface area contributed by atoms with Gasteiger partial charge in [0.05, 0.1) is 19.8 Å². The summed E-state index contributed by atoms with van der Waals surface area (Å²) in [5, 5.41) is 0. The Kier molecular flexibility index (Phi) is 44.9. The van der Waals surface area contributed by atoms with Crippen LogP contribution in [-0.2, 0) is 27.9 Å². The summed E-state index contributed by atoms with van der Waals surface area (Å²) in [6.45, 7) is 4.73. The summed E-state index contributed by atoms with van der Waals surface area (Å²) in [4.78, 5) is 22.5. The lowest BCUT2D eigenvalue weighted by molar-refractivity contribution is -0.154. The van der Waals surface area contributed by atoms with Gasteiger partial charge in [-0.3, -0.25) is 13.8 Å². The fourth-order valence-electron chi connectivity index (χ4n) is 6.11. The van der Waals surface area contributed by atoms with Gasteiger partial charge in [-0.25, -0.2) is 4.57 Å². The first-order valence-corrected chi connectivity index (χ1v) is 25.1. The second-order valence-electron chi connectivity index (χ2n) is 15.2. The van der Waals surface area contributed by atoms with Crippen LogP contribution in [-0.4, -0.2) is 49.9 Å². The molecular formula is C50H88NO7P. The van der Waals surface area contributed by atoms with Crippen LogP contribution in [0.3, 0.4) is 0 Å². The molecule has 0 fully saturated rings. The molecule has 9 heteroatoms. The summed E-state index contributed by atoms with van der Waals surface area (Å²) < 4.78 is 33.5. The molecule has 0 rings (SSSR count). The van der Waals surface area contributed by atoms with Crippen LogP contribution in [0.15, 0.2) is 85.1 Å². The van der Waals surface area contributed by atoms with Crippen molar-refractivity contribution in [2.45, 2.75) is 193 Å². The molecule has 0 aromatic heterocycles. The second kappa shape index (κ2) is 46.7. The van der Waals surface area contributed by atoms with Crippen molar-refractivity contribution in [3.63, 3.8) is 0 Å². The maximum Gasteiger partial charge on any atom is 0.472 e. The molecular weight excluding hydrogens is 758 g/mol. The normalized spacial score (nSPS) is 14.2. The molecule has 0 aliphatic heterocycles. The summed E-state index contributed by atoms with van der Waals surface area (Å²) in [5.74, 6) is -0.375. The predicted octanol–water partition coefficient (Wildman–Crippen LogP) is 14.5. The van der Waals surface area contributed by atoms with Crippen LogP contribution >= 0.6 is 7.82 Å². The van der Waals surface area contributed by atoms with Crippen LogP contribution in [0.1, 0.15) is 187 Å². The molecule has 2 unspecified atom stereocenters. The Morgan fingerprint density at radius 2 is 0.949 bits per heavy atom. The maximum absolute atomic E-state index is 12.6. The zero-order valence-corrected chi connectivity index (χ0v) is 38.6. The molecule has 0 bridgehead atoms. The fourth-order valence-corrected chi connectivity index (χ4v) is 6.88. The second-order valence-corrected chi connectivity index (χ2v) is 16.7. The van der Waals surface area contributed by atoms with Gasteiger partial charge < -0.3 is 20.1 Å². The lowest BCUT2D eigenvalue weighted by Gasteiger charge is -2.20. The first-order valence-electron chi connectivity index (χ1n) is 23.6. The quantitative estimate of drug-likeness (QED) is 0.0269. The van der Waals surface area contributed by atoms with Crippen molar-refractivity contribution in [2.24, 2.45) is 5.73 Å². The molecule has 59 heavy (non-hydrogen) atoms. The molecule has 0 aromatic rings. The molecule has 0 radical (unpaired) electrons. The van der Waals surface area contributed by atoms with Crippen LogP contribution in [0, 0.1) is 0 Å². The van der Waals surface area contributed by atoms with Gasteiger partial charge >= 0.3 is 13.8 Å². The number of rotatable bonds is 44. The SMILES string of the molecule is CC/C=C\C/C=C\C/C=C\C/C=C\C/C=C\C/C=C\CCCCC(=O)OC(COCCCCCCCCCC/C=C\CCCCCCCCC)COP(=O)(O)OCCN. The number of nitrogens with two attached hydrogens (primary N) is 1. The van der Waals surface area contributed by atoms with E-state index < -0.39 is 13.9 Å². The van der Waals surface area contributed by atoms with Gasteiger partial charge in [-0.2, -0.15) is 0 Å². The van der Waals surface area contributed by atoms with Crippen molar-refractivity contribution in [2.75, 3.05) is 33.0 Å². The van der Waals surface area contributed by atoms with Crippen molar-refractivity contribution in [1.29, 1.82) is 0 Å². The van der Waals surface area contributed by atoms with Crippen molar-refractivity contribution in [3.05, 3.63) is 85.1 Å². The molecule has 0 aliphatic rings. The average Bonchev–Trinajstić information content (AvgIpc) is 3.23. The number of carbonyl (C=O) groups is 1. The van der Waals surface area contributed by atoms with Crippen LogP contribution in [0.2, 0.25) is 0 Å². The maximum atomic E-state index is 12.6. The highest BCUT2D eigenvalue weighted by atomic mass is 31.2. The van der Waals surface area contributed by atoms with Gasteiger partial charge in [0.25, 0.3) is 0 Å². The Hall–Kier alpha value is -2.32. The highest BCUT2D eigenvalue weighted by Crippen LogP contribution is 2.43. The third-order valence-electron chi connectivity index (χ3n) is 9.55. The molecule has 8 nitrogen and oxygen atoms in total. The topological polar surface area (TPSA) is 117 Å². The van der Waals surface area contributed by atoms with Gasteiger partial charge in [-0.1, -0.05) is 176 Å². The van der Waals surface area contributed by atoms with E-state index in [-0.39, 0.29) is 38.8 Å².